The molecule has 0 aliphatic carbocycles. The van der Waals surface area contributed by atoms with Crippen molar-refractivity contribution in [1.82, 2.24) is 0 Å². The predicted octanol–water partition coefficient (Wildman–Crippen LogP) is 6.95. The summed E-state index contributed by atoms with van der Waals surface area (Å²) in [5, 5.41) is 0. The lowest BCUT2D eigenvalue weighted by atomic mass is 9.91. The molecule has 0 aromatic heterocycles. The van der Waals surface area contributed by atoms with Crippen LogP contribution in [-0.2, 0) is 0 Å². The number of rotatable bonds is 2. The zero-order valence-corrected chi connectivity index (χ0v) is 15.2. The van der Waals surface area contributed by atoms with Gasteiger partial charge in [-0.25, -0.2) is 0 Å². The van der Waals surface area contributed by atoms with Gasteiger partial charge < -0.3 is 0 Å². The van der Waals surface area contributed by atoms with Crippen LogP contribution in [0.4, 0.5) is 0 Å². The van der Waals surface area contributed by atoms with Crippen LogP contribution in [0.2, 0.25) is 0 Å². The zero-order valence-electron chi connectivity index (χ0n) is 14.3. The summed E-state index contributed by atoms with van der Waals surface area (Å²) in [6, 6.07) is 23.4. The molecule has 118 valence electrons. The van der Waals surface area contributed by atoms with Gasteiger partial charge in [0, 0.05) is 4.90 Å². The maximum absolute atomic E-state index is 4.36. The summed E-state index contributed by atoms with van der Waals surface area (Å²) >= 11 is 4.36. The van der Waals surface area contributed by atoms with Crippen molar-refractivity contribution in [1.29, 1.82) is 0 Å². The molecule has 0 N–H and O–H groups in total. The van der Waals surface area contributed by atoms with E-state index in [-0.39, 0.29) is 0 Å². The molecule has 0 bridgehead atoms. The van der Waals surface area contributed by atoms with Gasteiger partial charge in [-0.05, 0) is 59.4 Å². The summed E-state index contributed by atoms with van der Waals surface area (Å²) in [5.74, 6) is 0. The molecule has 3 aromatic carbocycles. The van der Waals surface area contributed by atoms with Crippen LogP contribution in [0.3, 0.4) is 0 Å². The third-order valence-electron chi connectivity index (χ3n) is 3.95. The van der Waals surface area contributed by atoms with Gasteiger partial charge in [-0.1, -0.05) is 68.4 Å². The van der Waals surface area contributed by atoms with Gasteiger partial charge in [0.15, 0.2) is 0 Å². The Morgan fingerprint density at radius 1 is 0.609 bits per heavy atom. The van der Waals surface area contributed by atoms with Gasteiger partial charge >= 0.3 is 0 Å². The molecule has 1 heteroatoms. The Hall–Kier alpha value is -1.99. The van der Waals surface area contributed by atoms with Gasteiger partial charge in [0.05, 0.1) is 0 Å². The molecule has 0 saturated heterocycles. The fraction of sp³-hybridized carbons (Fsp3) is 0.182. The molecule has 0 spiro atoms. The average molecular weight is 321 g/mol. The molecule has 0 fully saturated rings. The van der Waals surface area contributed by atoms with Crippen molar-refractivity contribution in [2.45, 2.75) is 32.6 Å². The maximum Gasteiger partial charge on any atom is 0.00404 e. The van der Waals surface area contributed by atoms with Gasteiger partial charge in [-0.2, -0.15) is 0 Å². The zero-order chi connectivity index (χ0) is 16.8. The first-order valence-corrected chi connectivity index (χ1v) is 8.56. The van der Waals surface area contributed by atoms with E-state index in [1.807, 2.05) is 26.0 Å². The van der Waals surface area contributed by atoms with Gasteiger partial charge in [-0.3, -0.25) is 0 Å². The van der Waals surface area contributed by atoms with Crippen LogP contribution in [-0.4, -0.2) is 0 Å². The minimum absolute atomic E-state index is 0.992. The molecule has 0 heterocycles. The van der Waals surface area contributed by atoms with Crippen LogP contribution < -0.4 is 0 Å². The van der Waals surface area contributed by atoms with Crippen LogP contribution in [0.25, 0.3) is 22.3 Å². The fourth-order valence-electron chi connectivity index (χ4n) is 2.76. The van der Waals surface area contributed by atoms with Gasteiger partial charge in [0.1, 0.15) is 0 Å². The molecule has 0 nitrogen and oxygen atoms in total. The third-order valence-corrected chi connectivity index (χ3v) is 4.25. The first-order valence-electron chi connectivity index (χ1n) is 8.12. The standard InChI is InChI=1S/C20H18S.C2H6/c1-14-6-3-4-7-18(14)20-9-5-8-19(15(20)2)16-10-12-17(21)13-11-16;1-2/h3-13,21H,1-2H3;1-2H3. The second-order valence-electron chi connectivity index (χ2n) is 5.34. The van der Waals surface area contributed by atoms with Crippen molar-refractivity contribution < 1.29 is 0 Å². The lowest BCUT2D eigenvalue weighted by Crippen LogP contribution is -1.90. The summed E-state index contributed by atoms with van der Waals surface area (Å²) in [4.78, 5) is 0.992. The predicted molar refractivity (Wildman–Crippen MR) is 105 cm³/mol. The molecule has 3 aromatic rings. The Morgan fingerprint density at radius 2 is 1.17 bits per heavy atom. The number of hydrogen-bond donors (Lipinski definition) is 1. The van der Waals surface area contributed by atoms with Crippen molar-refractivity contribution in [2.24, 2.45) is 0 Å². The molecule has 0 unspecified atom stereocenters. The second-order valence-corrected chi connectivity index (χ2v) is 5.86. The van der Waals surface area contributed by atoms with E-state index in [1.165, 1.54) is 33.4 Å². The van der Waals surface area contributed by atoms with Crippen molar-refractivity contribution in [3.05, 3.63) is 77.9 Å². The van der Waals surface area contributed by atoms with E-state index in [1.54, 1.807) is 0 Å². The molecular weight excluding hydrogens is 296 g/mol. The minimum Gasteiger partial charge on any atom is -0.143 e. The largest absolute Gasteiger partial charge is 0.143 e. The Kier molecular flexibility index (Phi) is 6.06. The van der Waals surface area contributed by atoms with Gasteiger partial charge in [0.2, 0.25) is 0 Å². The Labute approximate surface area is 145 Å². The molecule has 0 saturated carbocycles. The number of hydrogen-bond acceptors (Lipinski definition) is 1. The first-order chi connectivity index (χ1) is 11.2. The molecule has 0 radical (unpaired) electrons. The average Bonchev–Trinajstić information content (AvgIpc) is 2.59. The highest BCUT2D eigenvalue weighted by Gasteiger charge is 2.09. The monoisotopic (exact) mass is 320 g/mol. The lowest BCUT2D eigenvalue weighted by Gasteiger charge is -2.14. The molecule has 0 aliphatic heterocycles. The second kappa shape index (κ2) is 8.03. The summed E-state index contributed by atoms with van der Waals surface area (Å²) in [5.41, 5.74) is 7.76. The Morgan fingerprint density at radius 3 is 1.83 bits per heavy atom. The summed E-state index contributed by atoms with van der Waals surface area (Å²) in [7, 11) is 0. The maximum atomic E-state index is 4.36. The number of benzene rings is 3. The van der Waals surface area contributed by atoms with Crippen molar-refractivity contribution in [3.8, 4) is 22.3 Å². The number of thiol groups is 1. The summed E-state index contributed by atoms with van der Waals surface area (Å²) in [6.07, 6.45) is 0. The van der Waals surface area contributed by atoms with E-state index >= 15 is 0 Å². The normalized spacial score (nSPS) is 9.96. The van der Waals surface area contributed by atoms with E-state index in [0.29, 0.717) is 0 Å². The fourth-order valence-corrected chi connectivity index (χ4v) is 2.91. The Balaban J connectivity index is 0.000000924. The van der Waals surface area contributed by atoms with E-state index < -0.39 is 0 Å². The van der Waals surface area contributed by atoms with Crippen LogP contribution in [0.5, 0.6) is 0 Å². The molecular formula is C22H24S. The van der Waals surface area contributed by atoms with E-state index in [4.69, 9.17) is 0 Å². The van der Waals surface area contributed by atoms with Crippen LogP contribution >= 0.6 is 12.6 Å². The molecule has 3 rings (SSSR count). The lowest BCUT2D eigenvalue weighted by molar-refractivity contribution is 1.39. The first kappa shape index (κ1) is 17.4. The van der Waals surface area contributed by atoms with E-state index in [2.05, 4.69) is 81.1 Å². The highest BCUT2D eigenvalue weighted by molar-refractivity contribution is 7.80. The molecule has 23 heavy (non-hydrogen) atoms. The molecule has 0 atom stereocenters. The Bertz CT molecular complexity index is 770. The van der Waals surface area contributed by atoms with Crippen molar-refractivity contribution in [3.63, 3.8) is 0 Å². The van der Waals surface area contributed by atoms with Crippen molar-refractivity contribution >= 4 is 12.6 Å². The highest BCUT2D eigenvalue weighted by Crippen LogP contribution is 2.33. The SMILES string of the molecule is CC.Cc1ccccc1-c1cccc(-c2ccc(S)cc2)c1C. The van der Waals surface area contributed by atoms with E-state index in [9.17, 15) is 0 Å². The molecule has 0 amide bonds. The number of aryl methyl sites for hydroxylation is 1. The van der Waals surface area contributed by atoms with Crippen LogP contribution in [0.15, 0.2) is 71.6 Å². The summed E-state index contributed by atoms with van der Waals surface area (Å²) < 4.78 is 0. The van der Waals surface area contributed by atoms with Gasteiger partial charge in [0.25, 0.3) is 0 Å². The smallest absolute Gasteiger partial charge is 0.00404 e. The molecule has 0 aliphatic rings. The van der Waals surface area contributed by atoms with E-state index in [0.717, 1.165) is 4.90 Å². The minimum atomic E-state index is 0.992. The quantitative estimate of drug-likeness (QED) is 0.485. The topological polar surface area (TPSA) is 0 Å². The van der Waals surface area contributed by atoms with Crippen LogP contribution in [0, 0.1) is 13.8 Å². The highest BCUT2D eigenvalue weighted by atomic mass is 32.1. The van der Waals surface area contributed by atoms with Crippen LogP contribution in [0.1, 0.15) is 25.0 Å². The summed E-state index contributed by atoms with van der Waals surface area (Å²) in [6.45, 7) is 8.36. The van der Waals surface area contributed by atoms with Gasteiger partial charge in [-0.15, -0.1) is 12.6 Å². The van der Waals surface area contributed by atoms with Crippen molar-refractivity contribution in [2.75, 3.05) is 0 Å². The third kappa shape index (κ3) is 3.86.